The molecule has 7 heavy (non-hydrogen) atoms. The molecule has 42 valence electrons. The third kappa shape index (κ3) is 5.59. The Balaban J connectivity index is 2.56. The fourth-order valence-corrected chi connectivity index (χ4v) is 0.263. The van der Waals surface area contributed by atoms with Crippen molar-refractivity contribution in [2.75, 3.05) is 19.6 Å². The molecule has 0 bridgehead atoms. The predicted molar refractivity (Wildman–Crippen MR) is 28.0 cm³/mol. The average Bonchev–Trinajstić information content (AvgIpc) is 1.69. The zero-order valence-corrected chi connectivity index (χ0v) is 4.18. The van der Waals surface area contributed by atoms with Gasteiger partial charge in [-0.25, -0.2) is 0 Å². The molecule has 0 atom stereocenters. The second-order valence-corrected chi connectivity index (χ2v) is 1.16. The number of nitrogens with one attached hydrogen (secondary N) is 1. The number of rotatable bonds is 4. The van der Waals surface area contributed by atoms with Gasteiger partial charge in [0.25, 0.3) is 0 Å². The average molecular weight is 102 g/mol. The SMILES string of the molecule is NCCNCC=O. The number of hydrogen-bond acceptors (Lipinski definition) is 3. The smallest absolute Gasteiger partial charge is 0.133 e. The van der Waals surface area contributed by atoms with Crippen LogP contribution in [0.3, 0.4) is 0 Å². The third-order valence-corrected chi connectivity index (χ3v) is 0.549. The first-order chi connectivity index (χ1) is 3.41. The number of nitrogens with two attached hydrogens (primary N) is 1. The highest BCUT2D eigenvalue weighted by atomic mass is 16.1. The molecule has 0 aliphatic carbocycles. The Labute approximate surface area is 42.9 Å². The maximum atomic E-state index is 9.58. The Bertz CT molecular complexity index is 47.0. The van der Waals surface area contributed by atoms with Gasteiger partial charge in [-0.2, -0.15) is 0 Å². The van der Waals surface area contributed by atoms with Crippen molar-refractivity contribution in [3.8, 4) is 0 Å². The Morgan fingerprint density at radius 3 is 2.86 bits per heavy atom. The maximum Gasteiger partial charge on any atom is 0.133 e. The van der Waals surface area contributed by atoms with Crippen LogP contribution < -0.4 is 11.1 Å². The molecule has 0 aromatic rings. The normalized spacial score (nSPS) is 8.71. The van der Waals surface area contributed by atoms with Gasteiger partial charge >= 0.3 is 0 Å². The van der Waals surface area contributed by atoms with Crippen molar-refractivity contribution in [2.24, 2.45) is 5.73 Å². The molecule has 0 saturated heterocycles. The van der Waals surface area contributed by atoms with Crippen LogP contribution in [0.5, 0.6) is 0 Å². The van der Waals surface area contributed by atoms with Crippen molar-refractivity contribution in [3.05, 3.63) is 0 Å². The lowest BCUT2D eigenvalue weighted by molar-refractivity contribution is -0.107. The van der Waals surface area contributed by atoms with E-state index < -0.39 is 0 Å². The number of carbonyl (C=O) groups excluding carboxylic acids is 1. The highest BCUT2D eigenvalue weighted by Crippen LogP contribution is 1.47. The van der Waals surface area contributed by atoms with Crippen LogP contribution in [0.1, 0.15) is 0 Å². The molecule has 0 rings (SSSR count). The molecule has 3 nitrogen and oxygen atoms in total. The Kier molecular flexibility index (Phi) is 5.26. The first-order valence-electron chi connectivity index (χ1n) is 2.26. The lowest BCUT2D eigenvalue weighted by Crippen LogP contribution is -2.23. The van der Waals surface area contributed by atoms with E-state index in [0.717, 1.165) is 12.8 Å². The summed E-state index contributed by atoms with van der Waals surface area (Å²) in [5.74, 6) is 0. The van der Waals surface area contributed by atoms with Crippen LogP contribution in [0, 0.1) is 0 Å². The van der Waals surface area contributed by atoms with Crippen LogP contribution in [0.15, 0.2) is 0 Å². The van der Waals surface area contributed by atoms with E-state index in [0.29, 0.717) is 13.1 Å². The van der Waals surface area contributed by atoms with E-state index in [1.54, 1.807) is 0 Å². The van der Waals surface area contributed by atoms with Crippen LogP contribution in [0.2, 0.25) is 0 Å². The van der Waals surface area contributed by atoms with E-state index in [-0.39, 0.29) is 0 Å². The lowest BCUT2D eigenvalue weighted by Gasteiger charge is -1.91. The third-order valence-electron chi connectivity index (χ3n) is 0.549. The van der Waals surface area contributed by atoms with Gasteiger partial charge in [0.1, 0.15) is 6.29 Å². The first kappa shape index (κ1) is 6.59. The molecule has 0 fully saturated rings. The molecule has 0 aliphatic heterocycles. The molecule has 0 aromatic heterocycles. The molecule has 0 aromatic carbocycles. The van der Waals surface area contributed by atoms with Crippen LogP contribution in [-0.2, 0) is 4.79 Å². The Morgan fingerprint density at radius 1 is 1.71 bits per heavy atom. The predicted octanol–water partition coefficient (Wildman–Crippen LogP) is -1.27. The fraction of sp³-hybridized carbons (Fsp3) is 0.750. The largest absolute Gasteiger partial charge is 0.329 e. The summed E-state index contributed by atoms with van der Waals surface area (Å²) in [7, 11) is 0. The Hall–Kier alpha value is -0.410. The minimum atomic E-state index is 0.414. The number of carbonyl (C=O) groups is 1. The van der Waals surface area contributed by atoms with Gasteiger partial charge in [0.05, 0.1) is 6.54 Å². The summed E-state index contributed by atoms with van der Waals surface area (Å²) in [6, 6.07) is 0. The van der Waals surface area contributed by atoms with Gasteiger partial charge in [-0.1, -0.05) is 0 Å². The molecule has 0 spiro atoms. The van der Waals surface area contributed by atoms with E-state index in [9.17, 15) is 4.79 Å². The molecule has 0 aliphatic rings. The standard InChI is InChI=1S/C4H10N2O/c5-1-2-6-3-4-7/h4,6H,1-3,5H2. The van der Waals surface area contributed by atoms with E-state index in [4.69, 9.17) is 5.73 Å². The molecule has 3 heteroatoms. The highest BCUT2D eigenvalue weighted by Gasteiger charge is 1.76. The molecule has 0 saturated carbocycles. The minimum Gasteiger partial charge on any atom is -0.329 e. The highest BCUT2D eigenvalue weighted by molar-refractivity contribution is 5.51. The second-order valence-electron chi connectivity index (χ2n) is 1.16. The van der Waals surface area contributed by atoms with E-state index >= 15 is 0 Å². The van der Waals surface area contributed by atoms with E-state index in [1.807, 2.05) is 0 Å². The van der Waals surface area contributed by atoms with E-state index in [1.165, 1.54) is 0 Å². The fourth-order valence-electron chi connectivity index (χ4n) is 0.263. The van der Waals surface area contributed by atoms with Crippen molar-refractivity contribution in [2.45, 2.75) is 0 Å². The molecular formula is C4H10N2O. The summed E-state index contributed by atoms with van der Waals surface area (Å²) < 4.78 is 0. The van der Waals surface area contributed by atoms with Crippen molar-refractivity contribution in [1.82, 2.24) is 5.32 Å². The lowest BCUT2D eigenvalue weighted by atomic mass is 10.6. The number of aldehydes is 1. The van der Waals surface area contributed by atoms with Crippen molar-refractivity contribution in [1.29, 1.82) is 0 Å². The monoisotopic (exact) mass is 102 g/mol. The maximum absolute atomic E-state index is 9.58. The summed E-state index contributed by atoms with van der Waals surface area (Å²) in [5.41, 5.74) is 5.09. The summed E-state index contributed by atoms with van der Waals surface area (Å²) in [6.07, 6.45) is 0.815. The first-order valence-corrected chi connectivity index (χ1v) is 2.26. The Morgan fingerprint density at radius 2 is 2.43 bits per heavy atom. The topological polar surface area (TPSA) is 55.1 Å². The molecule has 0 amide bonds. The zero-order chi connectivity index (χ0) is 5.54. The summed E-state index contributed by atoms with van der Waals surface area (Å²) in [6.45, 7) is 1.73. The zero-order valence-electron chi connectivity index (χ0n) is 4.18. The van der Waals surface area contributed by atoms with Crippen LogP contribution in [0.4, 0.5) is 0 Å². The number of hydrogen-bond donors (Lipinski definition) is 2. The van der Waals surface area contributed by atoms with Crippen LogP contribution >= 0.6 is 0 Å². The summed E-state index contributed by atoms with van der Waals surface area (Å²) in [5, 5.41) is 2.79. The molecule has 3 N–H and O–H groups in total. The van der Waals surface area contributed by atoms with Gasteiger partial charge in [0.2, 0.25) is 0 Å². The quantitative estimate of drug-likeness (QED) is 0.344. The van der Waals surface area contributed by atoms with Gasteiger partial charge in [-0.05, 0) is 0 Å². The summed E-state index contributed by atoms with van der Waals surface area (Å²) in [4.78, 5) is 9.58. The summed E-state index contributed by atoms with van der Waals surface area (Å²) >= 11 is 0. The van der Waals surface area contributed by atoms with Gasteiger partial charge in [-0.3, -0.25) is 0 Å². The molecule has 0 unspecified atom stereocenters. The molecule has 0 heterocycles. The van der Waals surface area contributed by atoms with Gasteiger partial charge in [-0.15, -0.1) is 0 Å². The van der Waals surface area contributed by atoms with Gasteiger partial charge in [0.15, 0.2) is 0 Å². The minimum absolute atomic E-state index is 0.414. The van der Waals surface area contributed by atoms with Crippen LogP contribution in [-0.4, -0.2) is 25.9 Å². The van der Waals surface area contributed by atoms with Gasteiger partial charge in [0, 0.05) is 13.1 Å². The second kappa shape index (κ2) is 5.59. The van der Waals surface area contributed by atoms with Gasteiger partial charge < -0.3 is 15.8 Å². The van der Waals surface area contributed by atoms with Crippen LogP contribution in [0.25, 0.3) is 0 Å². The molecule has 0 radical (unpaired) electrons. The van der Waals surface area contributed by atoms with Crippen molar-refractivity contribution >= 4 is 6.29 Å². The van der Waals surface area contributed by atoms with E-state index in [2.05, 4.69) is 5.32 Å². The molecular weight excluding hydrogens is 92.1 g/mol. The van der Waals surface area contributed by atoms with Crippen molar-refractivity contribution in [3.63, 3.8) is 0 Å². The van der Waals surface area contributed by atoms with Crippen molar-refractivity contribution < 1.29 is 4.79 Å².